The van der Waals surface area contributed by atoms with Crippen LogP contribution in [0.1, 0.15) is 60.0 Å². The van der Waals surface area contributed by atoms with Crippen LogP contribution < -0.4 is 10.6 Å². The predicted molar refractivity (Wildman–Crippen MR) is 96.9 cm³/mol. The quantitative estimate of drug-likeness (QED) is 0.799. The first-order valence-electron chi connectivity index (χ1n) is 8.77. The van der Waals surface area contributed by atoms with Crippen molar-refractivity contribution in [3.05, 3.63) is 28.5 Å². The first-order valence-corrected chi connectivity index (χ1v) is 9.59. The SMILES string of the molecule is CC(C)Cn1ncc(C(=O)Nc2ncc(C3CCNCC3)s2)c1C(F)F. The molecule has 26 heavy (non-hydrogen) atoms. The van der Waals surface area contributed by atoms with Crippen LogP contribution in [0, 0.1) is 5.92 Å². The van der Waals surface area contributed by atoms with E-state index in [1.54, 1.807) is 6.20 Å². The smallest absolute Gasteiger partial charge is 0.280 e. The van der Waals surface area contributed by atoms with E-state index in [9.17, 15) is 13.6 Å². The lowest BCUT2D eigenvalue weighted by molar-refractivity contribution is 0.100. The van der Waals surface area contributed by atoms with Gasteiger partial charge < -0.3 is 5.32 Å². The number of carbonyl (C=O) groups is 1. The molecule has 2 N–H and O–H groups in total. The van der Waals surface area contributed by atoms with Gasteiger partial charge in [-0.1, -0.05) is 13.8 Å². The fourth-order valence-electron chi connectivity index (χ4n) is 3.10. The predicted octanol–water partition coefficient (Wildman–Crippen LogP) is 3.65. The van der Waals surface area contributed by atoms with Crippen molar-refractivity contribution in [3.63, 3.8) is 0 Å². The number of piperidine rings is 1. The summed E-state index contributed by atoms with van der Waals surface area (Å²) < 4.78 is 28.1. The van der Waals surface area contributed by atoms with Crippen LogP contribution in [-0.4, -0.2) is 33.8 Å². The molecule has 2 aromatic heterocycles. The van der Waals surface area contributed by atoms with E-state index in [-0.39, 0.29) is 17.2 Å². The summed E-state index contributed by atoms with van der Waals surface area (Å²) in [7, 11) is 0. The molecular weight excluding hydrogens is 360 g/mol. The first kappa shape index (κ1) is 18.9. The van der Waals surface area contributed by atoms with Crippen LogP contribution in [0.15, 0.2) is 12.4 Å². The van der Waals surface area contributed by atoms with E-state index in [0.717, 1.165) is 30.8 Å². The molecule has 0 saturated carbocycles. The molecule has 1 saturated heterocycles. The van der Waals surface area contributed by atoms with Crippen LogP contribution in [0.25, 0.3) is 0 Å². The number of anilines is 1. The minimum Gasteiger partial charge on any atom is -0.317 e. The summed E-state index contributed by atoms with van der Waals surface area (Å²) in [5.74, 6) is -0.0128. The molecule has 0 atom stereocenters. The first-order chi connectivity index (χ1) is 12.5. The summed E-state index contributed by atoms with van der Waals surface area (Å²) in [6.45, 7) is 6.10. The number of rotatable bonds is 6. The van der Waals surface area contributed by atoms with Gasteiger partial charge in [0.1, 0.15) is 5.69 Å². The molecule has 0 bridgehead atoms. The van der Waals surface area contributed by atoms with Gasteiger partial charge in [0.05, 0.1) is 11.8 Å². The molecule has 3 heterocycles. The Morgan fingerprint density at radius 2 is 2.12 bits per heavy atom. The number of hydrogen-bond acceptors (Lipinski definition) is 5. The van der Waals surface area contributed by atoms with Crippen LogP contribution >= 0.6 is 11.3 Å². The van der Waals surface area contributed by atoms with Crippen molar-refractivity contribution < 1.29 is 13.6 Å². The molecule has 1 amide bonds. The van der Waals surface area contributed by atoms with Crippen molar-refractivity contribution in [2.24, 2.45) is 5.92 Å². The summed E-state index contributed by atoms with van der Waals surface area (Å²) in [4.78, 5) is 17.8. The number of hydrogen-bond donors (Lipinski definition) is 2. The summed E-state index contributed by atoms with van der Waals surface area (Å²) >= 11 is 1.41. The molecule has 0 aliphatic carbocycles. The summed E-state index contributed by atoms with van der Waals surface area (Å²) in [6.07, 6.45) is 2.28. The Hall–Kier alpha value is -1.87. The third-order valence-corrected chi connectivity index (χ3v) is 5.43. The third kappa shape index (κ3) is 4.27. The minimum atomic E-state index is -2.77. The molecule has 3 rings (SSSR count). The molecular formula is C17H23F2N5OS. The van der Waals surface area contributed by atoms with Gasteiger partial charge in [-0.3, -0.25) is 14.8 Å². The van der Waals surface area contributed by atoms with Gasteiger partial charge in [0.25, 0.3) is 12.3 Å². The number of aromatic nitrogens is 3. The Morgan fingerprint density at radius 1 is 1.38 bits per heavy atom. The van der Waals surface area contributed by atoms with E-state index in [4.69, 9.17) is 0 Å². The molecule has 1 aliphatic heterocycles. The number of nitrogens with zero attached hydrogens (tertiary/aromatic N) is 3. The fraction of sp³-hybridized carbons (Fsp3) is 0.588. The van der Waals surface area contributed by atoms with Crippen molar-refractivity contribution in [1.82, 2.24) is 20.1 Å². The third-order valence-electron chi connectivity index (χ3n) is 4.36. The molecule has 1 aliphatic rings. The second-order valence-electron chi connectivity index (χ2n) is 6.87. The summed E-state index contributed by atoms with van der Waals surface area (Å²) in [5.41, 5.74) is -0.439. The molecule has 6 nitrogen and oxygen atoms in total. The van der Waals surface area contributed by atoms with Gasteiger partial charge in [-0.05, 0) is 37.8 Å². The lowest BCUT2D eigenvalue weighted by Gasteiger charge is -2.20. The monoisotopic (exact) mass is 383 g/mol. The zero-order chi connectivity index (χ0) is 18.7. The lowest BCUT2D eigenvalue weighted by Crippen LogP contribution is -2.26. The van der Waals surface area contributed by atoms with Crippen molar-refractivity contribution in [2.75, 3.05) is 18.4 Å². The van der Waals surface area contributed by atoms with Gasteiger partial charge >= 0.3 is 0 Å². The molecule has 1 fully saturated rings. The lowest BCUT2D eigenvalue weighted by atomic mass is 9.97. The molecule has 9 heteroatoms. The Morgan fingerprint density at radius 3 is 2.77 bits per heavy atom. The van der Waals surface area contributed by atoms with E-state index in [0.29, 0.717) is 17.6 Å². The number of thiazole rings is 1. The van der Waals surface area contributed by atoms with Gasteiger partial charge in [-0.25, -0.2) is 13.8 Å². The zero-order valence-electron chi connectivity index (χ0n) is 14.8. The van der Waals surface area contributed by atoms with E-state index in [1.807, 2.05) is 13.8 Å². The van der Waals surface area contributed by atoms with Gasteiger partial charge in [0.15, 0.2) is 5.13 Å². The molecule has 0 spiro atoms. The average Bonchev–Trinajstić information content (AvgIpc) is 3.22. The van der Waals surface area contributed by atoms with Gasteiger partial charge in [-0.2, -0.15) is 5.10 Å². The van der Waals surface area contributed by atoms with Crippen molar-refractivity contribution >= 4 is 22.4 Å². The van der Waals surface area contributed by atoms with Crippen LogP contribution in [0.2, 0.25) is 0 Å². The normalized spacial score (nSPS) is 15.8. The molecule has 0 radical (unpaired) electrons. The van der Waals surface area contributed by atoms with Crippen LogP contribution in [-0.2, 0) is 6.54 Å². The average molecular weight is 383 g/mol. The number of carbonyl (C=O) groups excluding carboxylic acids is 1. The largest absolute Gasteiger partial charge is 0.317 e. The maximum atomic E-state index is 13.5. The number of halogens is 2. The highest BCUT2D eigenvalue weighted by Gasteiger charge is 2.26. The Labute approximate surface area is 155 Å². The van der Waals surface area contributed by atoms with Crippen molar-refractivity contribution in [3.8, 4) is 0 Å². The molecule has 2 aromatic rings. The Kier molecular flexibility index (Phi) is 5.98. The number of alkyl halides is 2. The highest BCUT2D eigenvalue weighted by Crippen LogP contribution is 2.32. The summed E-state index contributed by atoms with van der Waals surface area (Å²) in [6, 6.07) is 0. The van der Waals surface area contributed by atoms with E-state index < -0.39 is 12.3 Å². The minimum absolute atomic E-state index is 0.0979. The number of nitrogens with one attached hydrogen (secondary N) is 2. The fourth-order valence-corrected chi connectivity index (χ4v) is 4.08. The topological polar surface area (TPSA) is 71.8 Å². The molecule has 0 aromatic carbocycles. The van der Waals surface area contributed by atoms with E-state index >= 15 is 0 Å². The van der Waals surface area contributed by atoms with Gasteiger partial charge in [0.2, 0.25) is 0 Å². The highest BCUT2D eigenvalue weighted by atomic mass is 32.1. The Balaban J connectivity index is 1.74. The summed E-state index contributed by atoms with van der Waals surface area (Å²) in [5, 5.41) is 10.4. The second-order valence-corrected chi connectivity index (χ2v) is 7.93. The molecule has 0 unspecified atom stereocenters. The van der Waals surface area contributed by atoms with Gasteiger partial charge in [0, 0.05) is 17.6 Å². The van der Waals surface area contributed by atoms with E-state index in [1.165, 1.54) is 22.2 Å². The zero-order valence-corrected chi connectivity index (χ0v) is 15.7. The van der Waals surface area contributed by atoms with E-state index in [2.05, 4.69) is 20.7 Å². The number of amides is 1. The van der Waals surface area contributed by atoms with Gasteiger partial charge in [-0.15, -0.1) is 11.3 Å². The maximum Gasteiger partial charge on any atom is 0.280 e. The van der Waals surface area contributed by atoms with Crippen molar-refractivity contribution in [1.29, 1.82) is 0 Å². The second kappa shape index (κ2) is 8.22. The standard InChI is InChI=1S/C17H23F2N5OS/c1-10(2)9-24-14(15(18)19)12(7-22-24)16(25)23-17-21-8-13(26-17)11-3-5-20-6-4-11/h7-8,10-11,15,20H,3-6,9H2,1-2H3,(H,21,23,25). The van der Waals surface area contributed by atoms with Crippen LogP contribution in [0.4, 0.5) is 13.9 Å². The van der Waals surface area contributed by atoms with Crippen LogP contribution in [0.3, 0.4) is 0 Å². The van der Waals surface area contributed by atoms with Crippen LogP contribution in [0.5, 0.6) is 0 Å². The Bertz CT molecular complexity index is 752. The maximum absolute atomic E-state index is 13.5. The molecule has 142 valence electrons. The van der Waals surface area contributed by atoms with Crippen molar-refractivity contribution in [2.45, 2.75) is 45.6 Å². The highest BCUT2D eigenvalue weighted by molar-refractivity contribution is 7.15.